The van der Waals surface area contributed by atoms with Crippen LogP contribution in [0, 0.1) is 6.92 Å². The van der Waals surface area contributed by atoms with Crippen LogP contribution in [0.15, 0.2) is 66.1 Å². The van der Waals surface area contributed by atoms with Gasteiger partial charge in [0.05, 0.1) is 18.3 Å². The highest BCUT2D eigenvalue weighted by atomic mass is 32.2. The van der Waals surface area contributed by atoms with E-state index in [-0.39, 0.29) is 11.4 Å². The van der Waals surface area contributed by atoms with Crippen LogP contribution >= 0.6 is 0 Å². The quantitative estimate of drug-likeness (QED) is 0.244. The molecule has 1 fully saturated rings. The fourth-order valence-electron chi connectivity index (χ4n) is 4.22. The molecule has 1 saturated heterocycles. The van der Waals surface area contributed by atoms with Crippen molar-refractivity contribution in [1.29, 1.82) is 0 Å². The molecule has 12 nitrogen and oxygen atoms in total. The highest BCUT2D eigenvalue weighted by Crippen LogP contribution is 2.32. The van der Waals surface area contributed by atoms with Crippen LogP contribution in [0.5, 0.6) is 5.75 Å². The number of methoxy groups -OCH3 is 1. The summed E-state index contributed by atoms with van der Waals surface area (Å²) in [5.74, 6) is 1.25. The molecule has 0 unspecified atom stereocenters. The number of ether oxygens (including phenoxy) is 2. The van der Waals surface area contributed by atoms with Gasteiger partial charge < -0.3 is 25.0 Å². The van der Waals surface area contributed by atoms with E-state index in [1.165, 1.54) is 29.4 Å². The van der Waals surface area contributed by atoms with Crippen molar-refractivity contribution < 1.29 is 28.1 Å². The van der Waals surface area contributed by atoms with Gasteiger partial charge in [0.2, 0.25) is 10.0 Å². The van der Waals surface area contributed by atoms with Crippen LogP contribution in [0.1, 0.15) is 17.4 Å². The Bertz CT molecular complexity index is 1510. The van der Waals surface area contributed by atoms with Gasteiger partial charge in [-0.05, 0) is 36.8 Å². The van der Waals surface area contributed by atoms with Crippen LogP contribution in [0.2, 0.25) is 0 Å². The van der Waals surface area contributed by atoms with Crippen LogP contribution < -0.4 is 14.8 Å². The summed E-state index contributed by atoms with van der Waals surface area (Å²) in [6.45, 7) is 2.10. The number of aliphatic hydroxyl groups is 2. The van der Waals surface area contributed by atoms with Crippen molar-refractivity contribution in [2.24, 2.45) is 0 Å². The molecule has 2 aromatic carbocycles. The van der Waals surface area contributed by atoms with E-state index in [0.717, 1.165) is 16.9 Å². The third-order valence-electron chi connectivity index (χ3n) is 6.39. The van der Waals surface area contributed by atoms with Crippen LogP contribution in [0.3, 0.4) is 0 Å². The molecular weight excluding hydrogens is 512 g/mol. The zero-order chi connectivity index (χ0) is 26.9. The third-order valence-corrected chi connectivity index (χ3v) is 7.83. The van der Waals surface area contributed by atoms with Crippen molar-refractivity contribution >= 4 is 27.0 Å². The van der Waals surface area contributed by atoms with Gasteiger partial charge in [-0.15, -0.1) is 0 Å². The minimum atomic E-state index is -3.83. The first kappa shape index (κ1) is 26.0. The third kappa shape index (κ3) is 5.19. The first-order chi connectivity index (χ1) is 18.3. The monoisotopic (exact) mass is 540 g/mol. The second kappa shape index (κ2) is 10.6. The Labute approximate surface area is 219 Å². The number of aromatic nitrogens is 4. The van der Waals surface area contributed by atoms with Crippen LogP contribution in [0.25, 0.3) is 11.2 Å². The van der Waals surface area contributed by atoms with Gasteiger partial charge in [0, 0.05) is 13.1 Å². The van der Waals surface area contributed by atoms with E-state index in [2.05, 4.69) is 25.0 Å². The summed E-state index contributed by atoms with van der Waals surface area (Å²) < 4.78 is 40.3. The fourth-order valence-corrected chi connectivity index (χ4v) is 5.26. The molecule has 4 aromatic rings. The van der Waals surface area contributed by atoms with Crippen molar-refractivity contribution in [1.82, 2.24) is 24.2 Å². The minimum Gasteiger partial charge on any atom is -0.497 e. The molecule has 1 aliphatic rings. The molecule has 0 spiro atoms. The number of aryl methyl sites for hydroxylation is 1. The van der Waals surface area contributed by atoms with Gasteiger partial charge in [-0.2, -0.15) is 0 Å². The summed E-state index contributed by atoms with van der Waals surface area (Å²) in [7, 11) is -2.22. The number of rotatable bonds is 9. The van der Waals surface area contributed by atoms with E-state index >= 15 is 0 Å². The zero-order valence-electron chi connectivity index (χ0n) is 20.7. The molecule has 4 atom stereocenters. The predicted molar refractivity (Wildman–Crippen MR) is 138 cm³/mol. The summed E-state index contributed by atoms with van der Waals surface area (Å²) in [4.78, 5) is 13.1. The molecule has 0 saturated carbocycles. The lowest BCUT2D eigenvalue weighted by Gasteiger charge is -2.17. The number of hydrogen-bond donors (Lipinski definition) is 4. The van der Waals surface area contributed by atoms with Crippen molar-refractivity contribution in [3.63, 3.8) is 0 Å². The van der Waals surface area contributed by atoms with Crippen molar-refractivity contribution in [3.05, 3.63) is 72.3 Å². The maximum Gasteiger partial charge on any atom is 0.240 e. The normalized spacial score (nSPS) is 21.6. The summed E-state index contributed by atoms with van der Waals surface area (Å²) in [5, 5.41) is 24.6. The highest BCUT2D eigenvalue weighted by molar-refractivity contribution is 7.89. The number of sulfonamides is 1. The van der Waals surface area contributed by atoms with Gasteiger partial charge in [0.1, 0.15) is 30.4 Å². The molecule has 2 aromatic heterocycles. The van der Waals surface area contributed by atoms with E-state index in [1.807, 2.05) is 31.2 Å². The number of hydrogen-bond acceptors (Lipinski definition) is 10. The van der Waals surface area contributed by atoms with E-state index in [0.29, 0.717) is 23.5 Å². The number of imidazole rings is 1. The van der Waals surface area contributed by atoms with E-state index in [1.54, 1.807) is 19.2 Å². The largest absolute Gasteiger partial charge is 0.497 e. The fraction of sp³-hybridized carbons (Fsp3) is 0.320. The highest BCUT2D eigenvalue weighted by Gasteiger charge is 2.44. The Morgan fingerprint density at radius 2 is 1.76 bits per heavy atom. The standard InChI is InChI=1S/C25H28N6O6S/c1-15-3-9-18(10-4-15)38(34,35)30-12-19-21(32)22(33)25(37-19)31-14-29-20-23(27-13-28-24(20)31)26-11-16-5-7-17(36-2)8-6-16/h3-10,13-14,19,21-22,25,30,32-33H,11-12H2,1-2H3,(H,26,27,28)/t19-,21-,22-,25-/m1/s1. The van der Waals surface area contributed by atoms with Crippen molar-refractivity contribution in [3.8, 4) is 5.75 Å². The SMILES string of the molecule is COc1ccc(CNc2ncnc3c2ncn3[C@@H]2O[C@H](CNS(=O)(=O)c3ccc(C)cc3)[C@@H](O)[C@H]2O)cc1. The maximum absolute atomic E-state index is 12.7. The Kier molecular flexibility index (Phi) is 7.27. The first-order valence-corrected chi connectivity index (χ1v) is 13.4. The molecule has 0 amide bonds. The van der Waals surface area contributed by atoms with Crippen molar-refractivity contribution in [2.75, 3.05) is 19.0 Å². The summed E-state index contributed by atoms with van der Waals surface area (Å²) in [6, 6.07) is 14.0. The lowest BCUT2D eigenvalue weighted by Crippen LogP contribution is -2.39. The number of benzene rings is 2. The molecular formula is C25H28N6O6S. The Hall–Kier alpha value is -3.62. The lowest BCUT2D eigenvalue weighted by molar-refractivity contribution is -0.0330. The van der Waals surface area contributed by atoms with E-state index in [9.17, 15) is 18.6 Å². The predicted octanol–water partition coefficient (Wildman–Crippen LogP) is 1.35. The van der Waals surface area contributed by atoms with Gasteiger partial charge in [-0.25, -0.2) is 28.1 Å². The number of nitrogens with one attached hydrogen (secondary N) is 2. The second-order valence-electron chi connectivity index (χ2n) is 8.96. The zero-order valence-corrected chi connectivity index (χ0v) is 21.5. The van der Waals surface area contributed by atoms with Gasteiger partial charge in [0.25, 0.3) is 0 Å². The topological polar surface area (TPSA) is 161 Å². The molecule has 0 bridgehead atoms. The van der Waals surface area contributed by atoms with Crippen molar-refractivity contribution in [2.45, 2.75) is 42.9 Å². The van der Waals surface area contributed by atoms with Gasteiger partial charge in [0.15, 0.2) is 23.2 Å². The lowest BCUT2D eigenvalue weighted by atomic mass is 10.1. The van der Waals surface area contributed by atoms with Gasteiger partial charge in [-0.1, -0.05) is 29.8 Å². The molecule has 13 heteroatoms. The molecule has 200 valence electrons. The smallest absolute Gasteiger partial charge is 0.240 e. The average Bonchev–Trinajstić information content (AvgIpc) is 3.48. The number of aliphatic hydroxyl groups excluding tert-OH is 2. The number of anilines is 1. The maximum atomic E-state index is 12.7. The van der Waals surface area contributed by atoms with E-state index < -0.39 is 34.6 Å². The van der Waals surface area contributed by atoms with Crippen LogP contribution in [-0.4, -0.2) is 70.1 Å². The van der Waals surface area contributed by atoms with E-state index in [4.69, 9.17) is 9.47 Å². The average molecular weight is 541 g/mol. The molecule has 1 aliphatic heterocycles. The van der Waals surface area contributed by atoms with Gasteiger partial charge in [-0.3, -0.25) is 4.57 Å². The minimum absolute atomic E-state index is 0.0969. The van der Waals surface area contributed by atoms with Crippen LogP contribution in [0.4, 0.5) is 5.82 Å². The molecule has 3 heterocycles. The molecule has 4 N–H and O–H groups in total. The Morgan fingerprint density at radius 1 is 1.03 bits per heavy atom. The summed E-state index contributed by atoms with van der Waals surface area (Å²) in [6.07, 6.45) is -1.91. The second-order valence-corrected chi connectivity index (χ2v) is 10.7. The van der Waals surface area contributed by atoms with Crippen LogP contribution in [-0.2, 0) is 21.3 Å². The summed E-state index contributed by atoms with van der Waals surface area (Å²) >= 11 is 0. The number of nitrogens with zero attached hydrogens (tertiary/aromatic N) is 4. The number of fused-ring (bicyclic) bond motifs is 1. The molecule has 0 radical (unpaired) electrons. The Balaban J connectivity index is 1.29. The summed E-state index contributed by atoms with van der Waals surface area (Å²) in [5.41, 5.74) is 2.77. The molecule has 38 heavy (non-hydrogen) atoms. The first-order valence-electron chi connectivity index (χ1n) is 11.9. The molecule has 5 rings (SSSR count). The molecule has 0 aliphatic carbocycles. The van der Waals surface area contributed by atoms with Gasteiger partial charge >= 0.3 is 0 Å². The Morgan fingerprint density at radius 3 is 2.47 bits per heavy atom.